The molecule has 0 saturated carbocycles. The molecule has 5 heteroatoms. The Kier molecular flexibility index (Phi) is 4.52. The Balaban J connectivity index is 1.85. The highest BCUT2D eigenvalue weighted by atomic mass is 32.1. The number of aliphatic hydroxyl groups is 1. The van der Waals surface area contributed by atoms with Gasteiger partial charge in [0.2, 0.25) is 0 Å². The van der Waals surface area contributed by atoms with Gasteiger partial charge in [0.25, 0.3) is 0 Å². The number of nitrogens with zero attached hydrogens (tertiary/aromatic N) is 1. The molecule has 0 aliphatic rings. The highest BCUT2D eigenvalue weighted by Crippen LogP contribution is 2.23. The Bertz CT molecular complexity index is 498. The number of benzene rings is 1. The molecule has 0 aliphatic heterocycles. The van der Waals surface area contributed by atoms with Gasteiger partial charge in [-0.1, -0.05) is 13.8 Å². The summed E-state index contributed by atoms with van der Waals surface area (Å²) < 4.78 is 6.67. The van der Waals surface area contributed by atoms with Gasteiger partial charge in [-0.3, -0.25) is 0 Å². The maximum absolute atomic E-state index is 9.74. The Morgan fingerprint density at radius 1 is 1.44 bits per heavy atom. The minimum atomic E-state index is -0.496. The average molecular weight is 266 g/mol. The van der Waals surface area contributed by atoms with Crippen molar-refractivity contribution in [2.75, 3.05) is 13.2 Å². The minimum absolute atomic E-state index is 0.296. The molecule has 98 valence electrons. The SMILES string of the molecule is CC(C)NCC(O)COc1ccc2ncsc2c1. The molecule has 0 fully saturated rings. The highest BCUT2D eigenvalue weighted by Gasteiger charge is 2.06. The van der Waals surface area contributed by atoms with Gasteiger partial charge >= 0.3 is 0 Å². The third-order valence-electron chi connectivity index (χ3n) is 2.51. The van der Waals surface area contributed by atoms with Crippen molar-refractivity contribution in [2.45, 2.75) is 26.0 Å². The van der Waals surface area contributed by atoms with E-state index in [1.54, 1.807) is 11.3 Å². The van der Waals surface area contributed by atoms with Crippen LogP contribution in [-0.4, -0.2) is 35.4 Å². The number of nitrogens with one attached hydrogen (secondary N) is 1. The standard InChI is InChI=1S/C13H18N2O2S/c1-9(2)14-6-10(16)7-17-11-3-4-12-13(5-11)18-8-15-12/h3-5,8-10,14,16H,6-7H2,1-2H3. The number of aromatic nitrogens is 1. The van der Waals surface area contributed by atoms with Gasteiger partial charge in [-0.05, 0) is 18.2 Å². The second kappa shape index (κ2) is 6.13. The maximum atomic E-state index is 9.74. The van der Waals surface area contributed by atoms with Crippen LogP contribution in [0.1, 0.15) is 13.8 Å². The molecule has 1 aromatic carbocycles. The number of aliphatic hydroxyl groups excluding tert-OH is 1. The van der Waals surface area contributed by atoms with Crippen molar-refractivity contribution < 1.29 is 9.84 Å². The number of fused-ring (bicyclic) bond motifs is 1. The summed E-state index contributed by atoms with van der Waals surface area (Å²) in [5.74, 6) is 0.773. The van der Waals surface area contributed by atoms with E-state index in [1.165, 1.54) is 0 Å². The molecule has 1 aromatic heterocycles. The second-order valence-electron chi connectivity index (χ2n) is 4.51. The van der Waals surface area contributed by atoms with Gasteiger partial charge in [0.15, 0.2) is 0 Å². The Morgan fingerprint density at radius 2 is 2.28 bits per heavy atom. The number of rotatable bonds is 6. The van der Waals surface area contributed by atoms with Gasteiger partial charge in [-0.15, -0.1) is 11.3 Å². The quantitative estimate of drug-likeness (QED) is 0.840. The molecule has 0 aliphatic carbocycles. The maximum Gasteiger partial charge on any atom is 0.121 e. The molecule has 0 bridgehead atoms. The summed E-state index contributed by atoms with van der Waals surface area (Å²) in [6.07, 6.45) is -0.496. The normalized spacial score (nSPS) is 13.1. The first-order valence-electron chi connectivity index (χ1n) is 6.02. The molecule has 4 nitrogen and oxygen atoms in total. The summed E-state index contributed by atoms with van der Waals surface area (Å²) in [5.41, 5.74) is 2.80. The lowest BCUT2D eigenvalue weighted by Crippen LogP contribution is -2.35. The fourth-order valence-electron chi connectivity index (χ4n) is 1.55. The predicted molar refractivity (Wildman–Crippen MR) is 74.3 cm³/mol. The molecule has 2 N–H and O–H groups in total. The third-order valence-corrected chi connectivity index (χ3v) is 3.30. The molecule has 0 amide bonds. The molecule has 0 saturated heterocycles. The monoisotopic (exact) mass is 266 g/mol. The van der Waals surface area contributed by atoms with Crippen molar-refractivity contribution in [3.05, 3.63) is 23.7 Å². The molecule has 0 spiro atoms. The van der Waals surface area contributed by atoms with Crippen LogP contribution in [0.3, 0.4) is 0 Å². The lowest BCUT2D eigenvalue weighted by molar-refractivity contribution is 0.105. The molecule has 2 rings (SSSR count). The van der Waals surface area contributed by atoms with Crippen molar-refractivity contribution in [1.29, 1.82) is 0 Å². The Hall–Kier alpha value is -1.17. The fraction of sp³-hybridized carbons (Fsp3) is 0.462. The zero-order valence-electron chi connectivity index (χ0n) is 10.6. The van der Waals surface area contributed by atoms with E-state index < -0.39 is 6.10 Å². The van der Waals surface area contributed by atoms with Crippen LogP contribution in [0.25, 0.3) is 10.2 Å². The van der Waals surface area contributed by atoms with Gasteiger partial charge < -0.3 is 15.2 Å². The van der Waals surface area contributed by atoms with Crippen LogP contribution in [0.5, 0.6) is 5.75 Å². The lowest BCUT2D eigenvalue weighted by Gasteiger charge is -2.14. The second-order valence-corrected chi connectivity index (χ2v) is 5.40. The first kappa shape index (κ1) is 13.3. The summed E-state index contributed by atoms with van der Waals surface area (Å²) in [5, 5.41) is 12.9. The fourth-order valence-corrected chi connectivity index (χ4v) is 2.25. The van der Waals surface area contributed by atoms with Crippen LogP contribution in [0.15, 0.2) is 23.7 Å². The van der Waals surface area contributed by atoms with E-state index >= 15 is 0 Å². The van der Waals surface area contributed by atoms with Gasteiger partial charge in [-0.2, -0.15) is 0 Å². The van der Waals surface area contributed by atoms with E-state index in [1.807, 2.05) is 37.6 Å². The largest absolute Gasteiger partial charge is 0.491 e. The first-order chi connectivity index (χ1) is 8.65. The van der Waals surface area contributed by atoms with Gasteiger partial charge in [0.05, 0.1) is 15.7 Å². The molecule has 0 radical (unpaired) electrons. The van der Waals surface area contributed by atoms with Gasteiger partial charge in [0.1, 0.15) is 18.5 Å². The lowest BCUT2D eigenvalue weighted by atomic mass is 10.3. The van der Waals surface area contributed by atoms with E-state index in [-0.39, 0.29) is 0 Å². The van der Waals surface area contributed by atoms with E-state index in [0.717, 1.165) is 16.0 Å². The van der Waals surface area contributed by atoms with Crippen LogP contribution < -0.4 is 10.1 Å². The molecular weight excluding hydrogens is 248 g/mol. The van der Waals surface area contributed by atoms with E-state index in [9.17, 15) is 5.11 Å². The average Bonchev–Trinajstić information content (AvgIpc) is 2.81. The molecular formula is C13H18N2O2S. The molecule has 18 heavy (non-hydrogen) atoms. The summed E-state index contributed by atoms with van der Waals surface area (Å²) in [6, 6.07) is 6.13. The van der Waals surface area contributed by atoms with Crippen LogP contribution >= 0.6 is 11.3 Å². The van der Waals surface area contributed by atoms with E-state index in [0.29, 0.717) is 19.2 Å². The van der Waals surface area contributed by atoms with Crippen molar-refractivity contribution in [1.82, 2.24) is 10.3 Å². The Labute approximate surface area is 111 Å². The summed E-state index contributed by atoms with van der Waals surface area (Å²) in [4.78, 5) is 4.21. The summed E-state index contributed by atoms with van der Waals surface area (Å²) in [6.45, 7) is 4.93. The molecule has 1 atom stereocenters. The predicted octanol–water partition coefficient (Wildman–Crippen LogP) is 2.03. The third kappa shape index (κ3) is 3.66. The van der Waals surface area contributed by atoms with Crippen LogP contribution in [0, 0.1) is 0 Å². The summed E-state index contributed by atoms with van der Waals surface area (Å²) in [7, 11) is 0. The zero-order chi connectivity index (χ0) is 13.0. The van der Waals surface area contributed by atoms with Crippen LogP contribution in [0.4, 0.5) is 0 Å². The topological polar surface area (TPSA) is 54.4 Å². The van der Waals surface area contributed by atoms with Crippen molar-refractivity contribution in [3.63, 3.8) is 0 Å². The number of ether oxygens (including phenoxy) is 1. The smallest absolute Gasteiger partial charge is 0.121 e. The van der Waals surface area contributed by atoms with Crippen molar-refractivity contribution in [2.24, 2.45) is 0 Å². The molecule has 1 unspecified atom stereocenters. The molecule has 2 aromatic rings. The van der Waals surface area contributed by atoms with E-state index in [2.05, 4.69) is 10.3 Å². The Morgan fingerprint density at radius 3 is 3.06 bits per heavy atom. The first-order valence-corrected chi connectivity index (χ1v) is 6.90. The zero-order valence-corrected chi connectivity index (χ0v) is 11.4. The molecule has 1 heterocycles. The van der Waals surface area contributed by atoms with Gasteiger partial charge in [0, 0.05) is 12.6 Å². The van der Waals surface area contributed by atoms with Gasteiger partial charge in [-0.25, -0.2) is 4.98 Å². The number of hydrogen-bond acceptors (Lipinski definition) is 5. The van der Waals surface area contributed by atoms with Crippen LogP contribution in [-0.2, 0) is 0 Å². The summed E-state index contributed by atoms with van der Waals surface area (Å²) >= 11 is 1.58. The number of thiazole rings is 1. The van der Waals surface area contributed by atoms with Crippen molar-refractivity contribution >= 4 is 21.6 Å². The van der Waals surface area contributed by atoms with Crippen LogP contribution in [0.2, 0.25) is 0 Å². The van der Waals surface area contributed by atoms with E-state index in [4.69, 9.17) is 4.74 Å². The number of hydrogen-bond donors (Lipinski definition) is 2. The minimum Gasteiger partial charge on any atom is -0.491 e. The van der Waals surface area contributed by atoms with Crippen molar-refractivity contribution in [3.8, 4) is 5.75 Å². The highest BCUT2D eigenvalue weighted by molar-refractivity contribution is 7.16.